The normalized spacial score (nSPS) is 10.3. The minimum absolute atomic E-state index is 0.182. The lowest BCUT2D eigenvalue weighted by Crippen LogP contribution is -2.15. The molecule has 0 bridgehead atoms. The van der Waals surface area contributed by atoms with Gasteiger partial charge in [-0.3, -0.25) is 9.89 Å². The van der Waals surface area contributed by atoms with Crippen molar-refractivity contribution in [3.05, 3.63) is 41.1 Å². The van der Waals surface area contributed by atoms with Crippen molar-refractivity contribution in [2.75, 3.05) is 11.1 Å². The minimum Gasteiger partial charge on any atom is -0.398 e. The van der Waals surface area contributed by atoms with Crippen LogP contribution in [0.5, 0.6) is 0 Å². The molecule has 18 heavy (non-hydrogen) atoms. The molecule has 0 saturated carbocycles. The van der Waals surface area contributed by atoms with Crippen molar-refractivity contribution < 1.29 is 4.79 Å². The fraction of sp³-hybridized carbons (Fsp3) is 0.231. The lowest BCUT2D eigenvalue weighted by Gasteiger charge is -2.09. The maximum absolute atomic E-state index is 12.1. The van der Waals surface area contributed by atoms with Crippen LogP contribution in [0.1, 0.15) is 28.4 Å². The summed E-state index contributed by atoms with van der Waals surface area (Å²) in [5.41, 5.74) is 8.74. The molecule has 0 saturated heterocycles. The fourth-order valence-electron chi connectivity index (χ4n) is 1.77. The number of carbonyl (C=O) groups excluding carboxylic acids is 1. The van der Waals surface area contributed by atoms with E-state index < -0.39 is 0 Å². The quantitative estimate of drug-likeness (QED) is 0.723. The zero-order valence-electron chi connectivity index (χ0n) is 10.4. The molecule has 0 aliphatic heterocycles. The predicted molar refractivity (Wildman–Crippen MR) is 71.5 cm³/mol. The van der Waals surface area contributed by atoms with Crippen LogP contribution in [0.2, 0.25) is 0 Å². The van der Waals surface area contributed by atoms with Gasteiger partial charge in [-0.25, -0.2) is 0 Å². The molecule has 0 aliphatic carbocycles. The Morgan fingerprint density at radius 2 is 2.28 bits per heavy atom. The van der Waals surface area contributed by atoms with Gasteiger partial charge in [0, 0.05) is 16.8 Å². The van der Waals surface area contributed by atoms with Gasteiger partial charge in [-0.2, -0.15) is 5.10 Å². The van der Waals surface area contributed by atoms with Crippen LogP contribution in [0.3, 0.4) is 0 Å². The number of hydrogen-bond donors (Lipinski definition) is 3. The van der Waals surface area contributed by atoms with Gasteiger partial charge in [0.15, 0.2) is 0 Å². The van der Waals surface area contributed by atoms with Gasteiger partial charge in [0.1, 0.15) is 5.82 Å². The third-order valence-electron chi connectivity index (χ3n) is 2.96. The number of rotatable bonds is 3. The molecule has 1 amide bonds. The number of aryl methyl sites for hydroxylation is 1. The average molecular weight is 244 g/mol. The molecule has 0 fully saturated rings. The van der Waals surface area contributed by atoms with Gasteiger partial charge < -0.3 is 11.1 Å². The van der Waals surface area contributed by atoms with E-state index in [2.05, 4.69) is 15.5 Å². The van der Waals surface area contributed by atoms with Gasteiger partial charge in [0.2, 0.25) is 0 Å². The number of amides is 1. The van der Waals surface area contributed by atoms with E-state index in [1.54, 1.807) is 24.4 Å². The van der Waals surface area contributed by atoms with Crippen molar-refractivity contribution in [1.29, 1.82) is 0 Å². The fourth-order valence-corrected chi connectivity index (χ4v) is 1.77. The van der Waals surface area contributed by atoms with Gasteiger partial charge >= 0.3 is 0 Å². The third-order valence-corrected chi connectivity index (χ3v) is 2.96. The van der Waals surface area contributed by atoms with Crippen LogP contribution in [0.15, 0.2) is 24.4 Å². The first-order valence-corrected chi connectivity index (χ1v) is 5.82. The first kappa shape index (κ1) is 12.2. The number of aromatic nitrogens is 2. The summed E-state index contributed by atoms with van der Waals surface area (Å²) in [6, 6.07) is 5.30. The van der Waals surface area contributed by atoms with Crippen molar-refractivity contribution in [2.45, 2.75) is 20.3 Å². The molecule has 0 radical (unpaired) electrons. The molecule has 94 valence electrons. The van der Waals surface area contributed by atoms with Crippen LogP contribution in [-0.2, 0) is 6.42 Å². The Bertz CT molecular complexity index is 574. The largest absolute Gasteiger partial charge is 0.398 e. The highest BCUT2D eigenvalue weighted by Gasteiger charge is 2.13. The second-order valence-electron chi connectivity index (χ2n) is 4.10. The Balaban J connectivity index is 2.25. The third kappa shape index (κ3) is 2.20. The number of nitrogens with zero attached hydrogens (tertiary/aromatic N) is 1. The second-order valence-corrected chi connectivity index (χ2v) is 4.10. The summed E-state index contributed by atoms with van der Waals surface area (Å²) in [7, 11) is 0. The lowest BCUT2D eigenvalue weighted by molar-refractivity contribution is 0.102. The predicted octanol–water partition coefficient (Wildman–Crippen LogP) is 2.12. The van der Waals surface area contributed by atoms with Gasteiger partial charge in [-0.15, -0.1) is 0 Å². The highest BCUT2D eigenvalue weighted by atomic mass is 16.1. The highest BCUT2D eigenvalue weighted by Crippen LogP contribution is 2.18. The number of nitrogen functional groups attached to an aromatic ring is 1. The molecule has 0 spiro atoms. The Morgan fingerprint density at radius 3 is 3.00 bits per heavy atom. The summed E-state index contributed by atoms with van der Waals surface area (Å²) in [5.74, 6) is 0.461. The number of H-pyrrole nitrogens is 1. The molecule has 5 heteroatoms. The first-order valence-electron chi connectivity index (χ1n) is 5.82. The number of hydrogen-bond acceptors (Lipinski definition) is 3. The summed E-state index contributed by atoms with van der Waals surface area (Å²) in [4.78, 5) is 12.1. The molecule has 1 aromatic carbocycles. The molecular formula is C13H16N4O. The number of nitrogens with one attached hydrogen (secondary N) is 2. The maximum atomic E-state index is 12.1. The van der Waals surface area contributed by atoms with Crippen LogP contribution in [-0.4, -0.2) is 16.1 Å². The summed E-state index contributed by atoms with van der Waals surface area (Å²) < 4.78 is 0. The van der Waals surface area contributed by atoms with E-state index in [1.807, 2.05) is 13.8 Å². The van der Waals surface area contributed by atoms with Crippen molar-refractivity contribution >= 4 is 17.4 Å². The van der Waals surface area contributed by atoms with Gasteiger partial charge in [-0.1, -0.05) is 13.0 Å². The van der Waals surface area contributed by atoms with Crippen molar-refractivity contribution in [3.63, 3.8) is 0 Å². The molecule has 0 aliphatic rings. The van der Waals surface area contributed by atoms with E-state index in [1.165, 1.54) is 0 Å². The Labute approximate surface area is 105 Å². The molecule has 2 aromatic rings. The highest BCUT2D eigenvalue weighted by molar-refractivity contribution is 6.05. The summed E-state index contributed by atoms with van der Waals surface area (Å²) >= 11 is 0. The zero-order chi connectivity index (χ0) is 13.1. The van der Waals surface area contributed by atoms with Crippen molar-refractivity contribution in [3.8, 4) is 0 Å². The topological polar surface area (TPSA) is 83.8 Å². The van der Waals surface area contributed by atoms with Gasteiger partial charge in [0.25, 0.3) is 5.91 Å². The van der Waals surface area contributed by atoms with E-state index in [9.17, 15) is 4.79 Å². The van der Waals surface area contributed by atoms with Crippen molar-refractivity contribution in [2.24, 2.45) is 0 Å². The molecule has 0 atom stereocenters. The number of anilines is 2. The molecule has 5 nitrogen and oxygen atoms in total. The molecular weight excluding hydrogens is 228 g/mol. The SMILES string of the molecule is CCc1cn[nH]c1NC(=O)c1cccc(N)c1C. The van der Waals surface area contributed by atoms with E-state index in [0.29, 0.717) is 17.1 Å². The average Bonchev–Trinajstić information content (AvgIpc) is 2.79. The lowest BCUT2D eigenvalue weighted by atomic mass is 10.1. The van der Waals surface area contributed by atoms with E-state index >= 15 is 0 Å². The standard InChI is InChI=1S/C13H16N4O/c1-3-9-7-15-17-12(9)16-13(18)10-5-4-6-11(14)8(10)2/h4-7H,3,14H2,1-2H3,(H2,15,16,17,18). The van der Waals surface area contributed by atoms with E-state index in [-0.39, 0.29) is 5.91 Å². The monoisotopic (exact) mass is 244 g/mol. The van der Waals surface area contributed by atoms with Crippen LogP contribution in [0.4, 0.5) is 11.5 Å². The van der Waals surface area contributed by atoms with Crippen molar-refractivity contribution in [1.82, 2.24) is 10.2 Å². The molecule has 2 rings (SSSR count). The Morgan fingerprint density at radius 1 is 1.50 bits per heavy atom. The second kappa shape index (κ2) is 4.91. The number of carbonyl (C=O) groups is 1. The smallest absolute Gasteiger partial charge is 0.257 e. The maximum Gasteiger partial charge on any atom is 0.257 e. The van der Waals surface area contributed by atoms with Gasteiger partial charge in [0.05, 0.1) is 6.20 Å². The molecule has 1 aromatic heterocycles. The molecule has 1 heterocycles. The van der Waals surface area contributed by atoms with Crippen LogP contribution < -0.4 is 11.1 Å². The minimum atomic E-state index is -0.182. The van der Waals surface area contributed by atoms with E-state index in [0.717, 1.165) is 17.5 Å². The van der Waals surface area contributed by atoms with E-state index in [4.69, 9.17) is 5.73 Å². The Kier molecular flexibility index (Phi) is 3.32. The Hall–Kier alpha value is -2.30. The molecule has 4 N–H and O–H groups in total. The number of aromatic amines is 1. The summed E-state index contributed by atoms with van der Waals surface area (Å²) in [5, 5.41) is 9.51. The molecule has 0 unspecified atom stereocenters. The van der Waals surface area contributed by atoms with Crippen LogP contribution in [0.25, 0.3) is 0 Å². The zero-order valence-corrected chi connectivity index (χ0v) is 10.4. The summed E-state index contributed by atoms with van der Waals surface area (Å²) in [6.07, 6.45) is 2.52. The van der Waals surface area contributed by atoms with Gasteiger partial charge in [-0.05, 0) is 31.0 Å². The van der Waals surface area contributed by atoms with Crippen LogP contribution in [0, 0.1) is 6.92 Å². The number of nitrogens with two attached hydrogens (primary N) is 1. The number of benzene rings is 1. The first-order chi connectivity index (χ1) is 8.63. The van der Waals surface area contributed by atoms with Crippen LogP contribution >= 0.6 is 0 Å². The summed E-state index contributed by atoms with van der Waals surface area (Å²) in [6.45, 7) is 3.84.